The van der Waals surface area contributed by atoms with Gasteiger partial charge in [0.25, 0.3) is 0 Å². The number of sulfonamides is 1. The standard InChI is InChI=1S/C17H25NO3S/c19-17-12-5-4-10-15(17)16-11-6-7-13-18(16)22(20,21)14-8-2-1-3-9-14/h1-3,8-9,15-17,19H,4-7,10-13H2. The van der Waals surface area contributed by atoms with Crippen molar-refractivity contribution >= 4 is 10.0 Å². The number of hydrogen-bond acceptors (Lipinski definition) is 3. The molecule has 1 saturated heterocycles. The third kappa shape index (κ3) is 3.07. The van der Waals surface area contributed by atoms with Crippen molar-refractivity contribution in [2.75, 3.05) is 6.54 Å². The van der Waals surface area contributed by atoms with Gasteiger partial charge in [0.2, 0.25) is 10.0 Å². The molecular weight excluding hydrogens is 298 g/mol. The molecule has 3 atom stereocenters. The van der Waals surface area contributed by atoms with Crippen molar-refractivity contribution in [3.05, 3.63) is 30.3 Å². The second kappa shape index (κ2) is 6.69. The lowest BCUT2D eigenvalue weighted by Gasteiger charge is -2.42. The number of aliphatic hydroxyl groups is 1. The molecule has 22 heavy (non-hydrogen) atoms. The number of nitrogens with zero attached hydrogens (tertiary/aromatic N) is 1. The molecule has 1 aliphatic heterocycles. The zero-order valence-electron chi connectivity index (χ0n) is 12.9. The molecule has 0 radical (unpaired) electrons. The Balaban J connectivity index is 1.89. The molecule has 0 amide bonds. The first-order chi connectivity index (χ1) is 10.6. The van der Waals surface area contributed by atoms with Gasteiger partial charge in [-0.15, -0.1) is 0 Å². The molecule has 1 heterocycles. The van der Waals surface area contributed by atoms with Gasteiger partial charge < -0.3 is 5.11 Å². The summed E-state index contributed by atoms with van der Waals surface area (Å²) in [6.45, 7) is 0.575. The summed E-state index contributed by atoms with van der Waals surface area (Å²) in [5, 5.41) is 10.4. The number of benzene rings is 1. The van der Waals surface area contributed by atoms with Crippen molar-refractivity contribution < 1.29 is 13.5 Å². The summed E-state index contributed by atoms with van der Waals surface area (Å²) in [6, 6.07) is 8.64. The Labute approximate surface area is 133 Å². The lowest BCUT2D eigenvalue weighted by atomic mass is 9.79. The van der Waals surface area contributed by atoms with Crippen molar-refractivity contribution in [1.29, 1.82) is 0 Å². The zero-order chi connectivity index (χ0) is 15.6. The molecule has 1 aromatic rings. The van der Waals surface area contributed by atoms with Gasteiger partial charge in [0.05, 0.1) is 11.0 Å². The molecular formula is C17H25NO3S. The van der Waals surface area contributed by atoms with Crippen LogP contribution in [-0.4, -0.2) is 36.5 Å². The summed E-state index contributed by atoms with van der Waals surface area (Å²) < 4.78 is 27.7. The minimum atomic E-state index is -3.46. The van der Waals surface area contributed by atoms with Crippen molar-refractivity contribution in [3.63, 3.8) is 0 Å². The highest BCUT2D eigenvalue weighted by molar-refractivity contribution is 7.89. The smallest absolute Gasteiger partial charge is 0.243 e. The van der Waals surface area contributed by atoms with E-state index in [9.17, 15) is 13.5 Å². The summed E-state index contributed by atoms with van der Waals surface area (Å²) in [6.07, 6.45) is 6.36. The maximum absolute atomic E-state index is 13.0. The van der Waals surface area contributed by atoms with Crippen molar-refractivity contribution in [2.45, 2.75) is 62.0 Å². The maximum atomic E-state index is 13.0. The van der Waals surface area contributed by atoms with E-state index in [-0.39, 0.29) is 18.1 Å². The van der Waals surface area contributed by atoms with Gasteiger partial charge >= 0.3 is 0 Å². The van der Waals surface area contributed by atoms with Crippen LogP contribution in [0.3, 0.4) is 0 Å². The first-order valence-electron chi connectivity index (χ1n) is 8.35. The van der Waals surface area contributed by atoms with Gasteiger partial charge in [-0.3, -0.25) is 0 Å². The minimum Gasteiger partial charge on any atom is -0.393 e. The number of aliphatic hydroxyl groups excluding tert-OH is 1. The Kier molecular flexibility index (Phi) is 4.85. The highest BCUT2D eigenvalue weighted by Gasteiger charge is 2.40. The summed E-state index contributed by atoms with van der Waals surface area (Å²) in [5.74, 6) is 0.0903. The lowest BCUT2D eigenvalue weighted by Crippen LogP contribution is -2.51. The fourth-order valence-corrected chi connectivity index (χ4v) is 5.73. The normalized spacial score (nSPS) is 31.0. The molecule has 3 rings (SSSR count). The monoisotopic (exact) mass is 323 g/mol. The largest absolute Gasteiger partial charge is 0.393 e. The highest BCUT2D eigenvalue weighted by Crippen LogP contribution is 2.36. The van der Waals surface area contributed by atoms with E-state index in [0.717, 1.165) is 44.9 Å². The number of hydrogen-bond donors (Lipinski definition) is 1. The molecule has 3 unspecified atom stereocenters. The van der Waals surface area contributed by atoms with Gasteiger partial charge in [0, 0.05) is 18.5 Å². The molecule has 1 saturated carbocycles. The van der Waals surface area contributed by atoms with Crippen LogP contribution in [-0.2, 0) is 10.0 Å². The van der Waals surface area contributed by atoms with Crippen molar-refractivity contribution in [1.82, 2.24) is 4.31 Å². The van der Waals surface area contributed by atoms with Gasteiger partial charge in [-0.2, -0.15) is 4.31 Å². The van der Waals surface area contributed by atoms with Gasteiger partial charge in [-0.05, 0) is 37.8 Å². The predicted molar refractivity (Wildman–Crippen MR) is 85.9 cm³/mol. The SMILES string of the molecule is O=S(=O)(c1ccccc1)N1CCCCC1C1CCCCC1O. The topological polar surface area (TPSA) is 57.6 Å². The Bertz CT molecular complexity index is 587. The van der Waals surface area contributed by atoms with Crippen LogP contribution in [0.5, 0.6) is 0 Å². The van der Waals surface area contributed by atoms with Crippen LogP contribution in [0, 0.1) is 5.92 Å². The quantitative estimate of drug-likeness (QED) is 0.930. The third-order valence-electron chi connectivity index (χ3n) is 5.12. The van der Waals surface area contributed by atoms with Crippen molar-refractivity contribution in [2.24, 2.45) is 5.92 Å². The third-order valence-corrected chi connectivity index (χ3v) is 7.06. The van der Waals surface area contributed by atoms with E-state index in [0.29, 0.717) is 11.4 Å². The van der Waals surface area contributed by atoms with E-state index in [1.54, 1.807) is 28.6 Å². The van der Waals surface area contributed by atoms with E-state index >= 15 is 0 Å². The molecule has 122 valence electrons. The molecule has 0 spiro atoms. The first kappa shape index (κ1) is 16.0. The van der Waals surface area contributed by atoms with E-state index in [1.807, 2.05) is 6.07 Å². The fraction of sp³-hybridized carbons (Fsp3) is 0.647. The Hall–Kier alpha value is -0.910. The predicted octanol–water partition coefficient (Wildman–Crippen LogP) is 2.78. The Morgan fingerprint density at radius 1 is 0.955 bits per heavy atom. The van der Waals surface area contributed by atoms with Crippen LogP contribution >= 0.6 is 0 Å². The Morgan fingerprint density at radius 2 is 1.64 bits per heavy atom. The van der Waals surface area contributed by atoms with Crippen molar-refractivity contribution in [3.8, 4) is 0 Å². The van der Waals surface area contributed by atoms with Crippen LogP contribution in [0.4, 0.5) is 0 Å². The summed E-state index contributed by atoms with van der Waals surface area (Å²) in [7, 11) is -3.46. The minimum absolute atomic E-state index is 0.0470. The number of rotatable bonds is 3. The lowest BCUT2D eigenvalue weighted by molar-refractivity contribution is 0.0204. The molecule has 1 aliphatic carbocycles. The highest BCUT2D eigenvalue weighted by atomic mass is 32.2. The number of piperidine rings is 1. The van der Waals surface area contributed by atoms with E-state index in [1.165, 1.54) is 0 Å². The van der Waals surface area contributed by atoms with Gasteiger partial charge in [0.1, 0.15) is 0 Å². The van der Waals surface area contributed by atoms with Crippen LogP contribution in [0.15, 0.2) is 35.2 Å². The molecule has 0 bridgehead atoms. The maximum Gasteiger partial charge on any atom is 0.243 e. The average molecular weight is 323 g/mol. The molecule has 4 nitrogen and oxygen atoms in total. The Morgan fingerprint density at radius 3 is 2.36 bits per heavy atom. The molecule has 1 N–H and O–H groups in total. The fourth-order valence-electron chi connectivity index (χ4n) is 3.97. The average Bonchev–Trinajstić information content (AvgIpc) is 2.56. The molecule has 0 aromatic heterocycles. The zero-order valence-corrected chi connectivity index (χ0v) is 13.7. The molecule has 5 heteroatoms. The summed E-state index contributed by atoms with van der Waals surface area (Å²) in [4.78, 5) is 0.368. The van der Waals surface area contributed by atoms with Gasteiger partial charge in [-0.25, -0.2) is 8.42 Å². The summed E-state index contributed by atoms with van der Waals surface area (Å²) in [5.41, 5.74) is 0. The van der Waals surface area contributed by atoms with Gasteiger partial charge in [-0.1, -0.05) is 37.5 Å². The summed E-state index contributed by atoms with van der Waals surface area (Å²) >= 11 is 0. The van der Waals surface area contributed by atoms with Crippen LogP contribution in [0.25, 0.3) is 0 Å². The molecule has 1 aromatic carbocycles. The first-order valence-corrected chi connectivity index (χ1v) is 9.79. The van der Waals surface area contributed by atoms with E-state index in [2.05, 4.69) is 0 Å². The van der Waals surface area contributed by atoms with E-state index < -0.39 is 10.0 Å². The van der Waals surface area contributed by atoms with Crippen LogP contribution < -0.4 is 0 Å². The van der Waals surface area contributed by atoms with Gasteiger partial charge in [0.15, 0.2) is 0 Å². The van der Waals surface area contributed by atoms with E-state index in [4.69, 9.17) is 0 Å². The second-order valence-corrected chi connectivity index (χ2v) is 8.40. The second-order valence-electron chi connectivity index (χ2n) is 6.51. The van der Waals surface area contributed by atoms with Crippen LogP contribution in [0.1, 0.15) is 44.9 Å². The molecule has 2 aliphatic rings. The van der Waals surface area contributed by atoms with Crippen LogP contribution in [0.2, 0.25) is 0 Å². The molecule has 2 fully saturated rings.